The first-order valence-electron chi connectivity index (χ1n) is 5.37. The van der Waals surface area contributed by atoms with E-state index in [2.05, 4.69) is 10.6 Å². The van der Waals surface area contributed by atoms with Gasteiger partial charge < -0.3 is 5.32 Å². The Bertz CT molecular complexity index is 453. The van der Waals surface area contributed by atoms with E-state index in [1.165, 1.54) is 25.1 Å². The molecular weight excluding hydrogens is 257 g/mol. The summed E-state index contributed by atoms with van der Waals surface area (Å²) in [7, 11) is 0. The molecule has 1 rings (SSSR count). The SMILES string of the molecule is CC(=O)NCCNC(C#N)c1c(F)cccc1Cl. The highest BCUT2D eigenvalue weighted by molar-refractivity contribution is 6.31. The maximum absolute atomic E-state index is 13.6. The van der Waals surface area contributed by atoms with Crippen molar-refractivity contribution in [2.75, 3.05) is 13.1 Å². The molecule has 1 unspecified atom stereocenters. The zero-order chi connectivity index (χ0) is 13.5. The van der Waals surface area contributed by atoms with Crippen molar-refractivity contribution in [3.63, 3.8) is 0 Å². The number of nitrogens with one attached hydrogen (secondary N) is 2. The van der Waals surface area contributed by atoms with Gasteiger partial charge in [-0.25, -0.2) is 4.39 Å². The van der Waals surface area contributed by atoms with Crippen molar-refractivity contribution in [1.82, 2.24) is 10.6 Å². The van der Waals surface area contributed by atoms with E-state index in [-0.39, 0.29) is 16.5 Å². The minimum absolute atomic E-state index is 0.129. The second-order valence-corrected chi connectivity index (χ2v) is 4.04. The second-order valence-electron chi connectivity index (χ2n) is 3.63. The van der Waals surface area contributed by atoms with Crippen LogP contribution in [-0.4, -0.2) is 19.0 Å². The number of carbonyl (C=O) groups is 1. The number of amides is 1. The Balaban J connectivity index is 2.67. The Morgan fingerprint density at radius 1 is 1.56 bits per heavy atom. The van der Waals surface area contributed by atoms with Gasteiger partial charge in [0.25, 0.3) is 0 Å². The van der Waals surface area contributed by atoms with Gasteiger partial charge in [-0.15, -0.1) is 0 Å². The highest BCUT2D eigenvalue weighted by Gasteiger charge is 2.17. The number of hydrogen-bond donors (Lipinski definition) is 2. The highest BCUT2D eigenvalue weighted by atomic mass is 35.5. The summed E-state index contributed by atoms with van der Waals surface area (Å²) in [6, 6.07) is 5.36. The lowest BCUT2D eigenvalue weighted by molar-refractivity contribution is -0.118. The third-order valence-electron chi connectivity index (χ3n) is 2.26. The van der Waals surface area contributed by atoms with Crippen molar-refractivity contribution in [2.24, 2.45) is 0 Å². The fourth-order valence-corrected chi connectivity index (χ4v) is 1.73. The topological polar surface area (TPSA) is 64.9 Å². The summed E-state index contributed by atoms with van der Waals surface area (Å²) in [6.45, 7) is 2.11. The van der Waals surface area contributed by atoms with E-state index < -0.39 is 11.9 Å². The molecule has 2 N–H and O–H groups in total. The van der Waals surface area contributed by atoms with E-state index >= 15 is 0 Å². The lowest BCUT2D eigenvalue weighted by Crippen LogP contribution is -2.32. The molecule has 0 aliphatic carbocycles. The van der Waals surface area contributed by atoms with Gasteiger partial charge in [0.2, 0.25) is 5.91 Å². The average Bonchev–Trinajstić information content (AvgIpc) is 2.31. The van der Waals surface area contributed by atoms with E-state index in [0.717, 1.165) is 0 Å². The largest absolute Gasteiger partial charge is 0.355 e. The van der Waals surface area contributed by atoms with Crippen LogP contribution in [0.2, 0.25) is 5.02 Å². The Morgan fingerprint density at radius 3 is 2.83 bits per heavy atom. The van der Waals surface area contributed by atoms with Crippen LogP contribution < -0.4 is 10.6 Å². The number of nitriles is 1. The lowest BCUT2D eigenvalue weighted by atomic mass is 10.1. The maximum Gasteiger partial charge on any atom is 0.216 e. The molecule has 0 spiro atoms. The van der Waals surface area contributed by atoms with E-state index in [1.807, 2.05) is 6.07 Å². The molecule has 1 aromatic rings. The van der Waals surface area contributed by atoms with E-state index in [0.29, 0.717) is 13.1 Å². The number of hydrogen-bond acceptors (Lipinski definition) is 3. The van der Waals surface area contributed by atoms with Crippen molar-refractivity contribution < 1.29 is 9.18 Å². The molecule has 1 aromatic carbocycles. The molecular formula is C12H13ClFN3O. The first-order valence-corrected chi connectivity index (χ1v) is 5.75. The zero-order valence-electron chi connectivity index (χ0n) is 9.84. The summed E-state index contributed by atoms with van der Waals surface area (Å²) < 4.78 is 13.6. The van der Waals surface area contributed by atoms with Crippen molar-refractivity contribution >= 4 is 17.5 Å². The van der Waals surface area contributed by atoms with Gasteiger partial charge in [-0.05, 0) is 12.1 Å². The molecule has 0 heterocycles. The summed E-state index contributed by atoms with van der Waals surface area (Å²) in [4.78, 5) is 10.7. The quantitative estimate of drug-likeness (QED) is 0.801. The fourth-order valence-electron chi connectivity index (χ4n) is 1.45. The van der Waals surface area contributed by atoms with Crippen molar-refractivity contribution in [1.29, 1.82) is 5.26 Å². The Labute approximate surface area is 110 Å². The van der Waals surface area contributed by atoms with Crippen molar-refractivity contribution in [3.05, 3.63) is 34.6 Å². The highest BCUT2D eigenvalue weighted by Crippen LogP contribution is 2.25. The molecule has 1 atom stereocenters. The van der Waals surface area contributed by atoms with Gasteiger partial charge >= 0.3 is 0 Å². The molecule has 0 aliphatic heterocycles. The first-order chi connectivity index (χ1) is 8.56. The van der Waals surface area contributed by atoms with Crippen LogP contribution in [0.5, 0.6) is 0 Å². The molecule has 0 bridgehead atoms. The number of benzene rings is 1. The van der Waals surface area contributed by atoms with Crippen LogP contribution in [0.25, 0.3) is 0 Å². The monoisotopic (exact) mass is 269 g/mol. The fraction of sp³-hybridized carbons (Fsp3) is 0.333. The van der Waals surface area contributed by atoms with Crippen LogP contribution in [0, 0.1) is 17.1 Å². The van der Waals surface area contributed by atoms with Crippen LogP contribution in [-0.2, 0) is 4.79 Å². The molecule has 0 radical (unpaired) electrons. The van der Waals surface area contributed by atoms with E-state index in [1.54, 1.807) is 0 Å². The minimum Gasteiger partial charge on any atom is -0.355 e. The van der Waals surface area contributed by atoms with Gasteiger partial charge in [0.1, 0.15) is 11.9 Å². The summed E-state index contributed by atoms with van der Waals surface area (Å²) in [6.07, 6.45) is 0. The molecule has 0 fully saturated rings. The van der Waals surface area contributed by atoms with Gasteiger partial charge in [0.05, 0.1) is 6.07 Å². The van der Waals surface area contributed by atoms with Gasteiger partial charge in [0.15, 0.2) is 0 Å². The number of halogens is 2. The standard InChI is InChI=1S/C12H13ClFN3O/c1-8(18)16-5-6-17-11(7-15)12-9(13)3-2-4-10(12)14/h2-4,11,17H,5-6H2,1H3,(H,16,18). The first kappa shape index (κ1) is 14.4. The third-order valence-corrected chi connectivity index (χ3v) is 2.59. The molecule has 6 heteroatoms. The predicted molar refractivity (Wildman–Crippen MR) is 66.5 cm³/mol. The average molecular weight is 270 g/mol. The maximum atomic E-state index is 13.6. The summed E-state index contributed by atoms with van der Waals surface area (Å²) in [5, 5.41) is 14.6. The normalized spacial score (nSPS) is 11.7. The van der Waals surface area contributed by atoms with Crippen molar-refractivity contribution in [2.45, 2.75) is 13.0 Å². The third kappa shape index (κ3) is 3.99. The molecule has 18 heavy (non-hydrogen) atoms. The molecule has 0 aliphatic rings. The molecule has 0 saturated heterocycles. The molecule has 1 amide bonds. The lowest BCUT2D eigenvalue weighted by Gasteiger charge is -2.14. The second kappa shape index (κ2) is 6.94. The van der Waals surface area contributed by atoms with Crippen LogP contribution in [0.3, 0.4) is 0 Å². The summed E-state index contributed by atoms with van der Waals surface area (Å²) in [5.41, 5.74) is 0.129. The van der Waals surface area contributed by atoms with Crippen molar-refractivity contribution in [3.8, 4) is 6.07 Å². The van der Waals surface area contributed by atoms with Crippen LogP contribution in [0.1, 0.15) is 18.5 Å². The summed E-state index contributed by atoms with van der Waals surface area (Å²) >= 11 is 5.87. The van der Waals surface area contributed by atoms with Gasteiger partial charge in [-0.3, -0.25) is 10.1 Å². The van der Waals surface area contributed by atoms with E-state index in [9.17, 15) is 9.18 Å². The Kier molecular flexibility index (Phi) is 5.56. The van der Waals surface area contributed by atoms with E-state index in [4.69, 9.17) is 16.9 Å². The molecule has 0 aromatic heterocycles. The van der Waals surface area contributed by atoms with Gasteiger partial charge in [0, 0.05) is 30.6 Å². The molecule has 0 saturated carbocycles. The smallest absolute Gasteiger partial charge is 0.216 e. The summed E-state index contributed by atoms with van der Waals surface area (Å²) in [5.74, 6) is -0.685. The predicted octanol–water partition coefficient (Wildman–Crippen LogP) is 1.77. The van der Waals surface area contributed by atoms with Crippen LogP contribution >= 0.6 is 11.6 Å². The van der Waals surface area contributed by atoms with Gasteiger partial charge in [-0.1, -0.05) is 17.7 Å². The number of nitrogens with zero attached hydrogens (tertiary/aromatic N) is 1. The number of rotatable bonds is 5. The van der Waals surface area contributed by atoms with Crippen LogP contribution in [0.4, 0.5) is 4.39 Å². The van der Waals surface area contributed by atoms with Crippen LogP contribution in [0.15, 0.2) is 18.2 Å². The van der Waals surface area contributed by atoms with Gasteiger partial charge in [-0.2, -0.15) is 5.26 Å². The molecule has 96 valence electrons. The Morgan fingerprint density at radius 2 is 2.28 bits per heavy atom. The zero-order valence-corrected chi connectivity index (χ0v) is 10.6. The number of carbonyl (C=O) groups excluding carboxylic acids is 1. The minimum atomic E-state index is -0.840. The Hall–Kier alpha value is -1.64. The molecule has 4 nitrogen and oxygen atoms in total.